The zero-order valence-electron chi connectivity index (χ0n) is 36.1. The predicted molar refractivity (Wildman–Crippen MR) is 238 cm³/mol. The summed E-state index contributed by atoms with van der Waals surface area (Å²) in [5, 5.41) is 17.7. The topological polar surface area (TPSA) is 166 Å². The zero-order valence-corrected chi connectivity index (χ0v) is 37.0. The van der Waals surface area contributed by atoms with Crippen LogP contribution in [0.15, 0.2) is 104 Å². The number of para-hydroxylation sites is 1. The summed E-state index contributed by atoms with van der Waals surface area (Å²) in [4.78, 5) is 21.1. The van der Waals surface area contributed by atoms with E-state index >= 15 is 0 Å². The Hall–Kier alpha value is -6.05. The van der Waals surface area contributed by atoms with E-state index in [-0.39, 0.29) is 37.6 Å². The summed E-state index contributed by atoms with van der Waals surface area (Å²) in [6, 6.07) is 32.2. The smallest absolute Gasteiger partial charge is 0.280 e. The van der Waals surface area contributed by atoms with Gasteiger partial charge in [-0.25, -0.2) is 14.6 Å². The first-order valence-electron chi connectivity index (χ1n) is 20.8. The van der Waals surface area contributed by atoms with Gasteiger partial charge in [-0.2, -0.15) is 10.2 Å². The highest BCUT2D eigenvalue weighted by molar-refractivity contribution is 7.44. The number of imidazole rings is 1. The molecule has 3 aromatic heterocycles. The van der Waals surface area contributed by atoms with Gasteiger partial charge >= 0.3 is 0 Å². The molecule has 0 amide bonds. The summed E-state index contributed by atoms with van der Waals surface area (Å²) >= 11 is 0. The van der Waals surface area contributed by atoms with Crippen molar-refractivity contribution in [1.29, 1.82) is 5.26 Å². The van der Waals surface area contributed by atoms with E-state index in [0.29, 0.717) is 35.2 Å². The van der Waals surface area contributed by atoms with Gasteiger partial charge < -0.3 is 32.8 Å². The highest BCUT2D eigenvalue weighted by Crippen LogP contribution is 2.50. The molecule has 63 heavy (non-hydrogen) atoms. The number of benzene rings is 4. The van der Waals surface area contributed by atoms with Gasteiger partial charge in [-0.1, -0.05) is 59.4 Å². The largest absolute Gasteiger partial charge is 0.497 e. The van der Waals surface area contributed by atoms with Crippen LogP contribution in [0.5, 0.6) is 17.4 Å². The van der Waals surface area contributed by atoms with E-state index < -0.39 is 27.0 Å². The number of rotatable bonds is 19. The average molecular weight is 872 g/mol. The molecule has 4 heterocycles. The van der Waals surface area contributed by atoms with Crippen LogP contribution >= 0.6 is 8.53 Å². The lowest BCUT2D eigenvalue weighted by Gasteiger charge is -2.37. The molecule has 8 rings (SSSR count). The molecule has 0 bridgehead atoms. The lowest BCUT2D eigenvalue weighted by Crippen LogP contribution is -2.36. The lowest BCUT2D eigenvalue weighted by molar-refractivity contribution is -0.0625. The number of fused-ring (bicyclic) bond motifs is 2. The van der Waals surface area contributed by atoms with E-state index in [0.717, 1.165) is 39.3 Å². The highest BCUT2D eigenvalue weighted by atomic mass is 31.2. The Morgan fingerprint density at radius 1 is 0.873 bits per heavy atom. The van der Waals surface area contributed by atoms with Crippen molar-refractivity contribution in [3.63, 3.8) is 0 Å². The number of hydrogen-bond donors (Lipinski definition) is 0. The van der Waals surface area contributed by atoms with Crippen LogP contribution in [0.1, 0.15) is 52.3 Å². The lowest BCUT2D eigenvalue weighted by atomic mass is 9.90. The van der Waals surface area contributed by atoms with Gasteiger partial charge in [0, 0.05) is 18.5 Å². The molecule has 4 atom stereocenters. The minimum atomic E-state index is -1.60. The first kappa shape index (κ1) is 43.6. The Morgan fingerprint density at radius 2 is 1.60 bits per heavy atom. The molecule has 17 heteroatoms. The van der Waals surface area contributed by atoms with Crippen LogP contribution in [0.3, 0.4) is 0 Å². The molecule has 1 aliphatic rings. The monoisotopic (exact) mass is 871 g/mol. The third-order valence-electron chi connectivity index (χ3n) is 10.7. The Labute approximate surface area is 367 Å². The van der Waals surface area contributed by atoms with Crippen LogP contribution in [0.4, 0.5) is 0 Å². The van der Waals surface area contributed by atoms with E-state index in [4.69, 9.17) is 32.8 Å². The molecule has 0 aliphatic carbocycles. The van der Waals surface area contributed by atoms with Gasteiger partial charge in [-0.05, 0) is 97.1 Å². The molecular weight excluding hydrogens is 822 g/mol. The highest BCUT2D eigenvalue weighted by Gasteiger charge is 2.42. The Balaban J connectivity index is 1.09. The third-order valence-corrected chi connectivity index (χ3v) is 12.8. The van der Waals surface area contributed by atoms with Crippen LogP contribution in [0, 0.1) is 11.3 Å². The van der Waals surface area contributed by atoms with Gasteiger partial charge in [0.2, 0.25) is 0 Å². The maximum atomic E-state index is 9.38. The first-order valence-corrected chi connectivity index (χ1v) is 21.9. The molecule has 0 N–H and O–H groups in total. The molecule has 7 aromatic rings. The number of ether oxygens (including phenoxy) is 4. The molecular formula is C46H50N9O7P. The van der Waals surface area contributed by atoms with Crippen molar-refractivity contribution in [1.82, 2.24) is 39.3 Å². The van der Waals surface area contributed by atoms with Crippen molar-refractivity contribution < 1.29 is 32.8 Å². The Bertz CT molecular complexity index is 2640. The molecule has 0 spiro atoms. The van der Waals surface area contributed by atoms with Crippen molar-refractivity contribution in [2.24, 2.45) is 0 Å². The van der Waals surface area contributed by atoms with E-state index in [9.17, 15) is 5.26 Å². The fourth-order valence-corrected chi connectivity index (χ4v) is 9.52. The second-order valence-electron chi connectivity index (χ2n) is 15.4. The number of nitriles is 1. The predicted octanol–water partition coefficient (Wildman–Crippen LogP) is 8.93. The minimum Gasteiger partial charge on any atom is -0.497 e. The second-order valence-corrected chi connectivity index (χ2v) is 16.8. The molecule has 1 unspecified atom stereocenters. The van der Waals surface area contributed by atoms with Gasteiger partial charge in [-0.15, -0.1) is 5.10 Å². The zero-order chi connectivity index (χ0) is 43.9. The SMILES string of the molecule is COc1ccc(-c2cccc(COC[C@H]3O[C@@H](n4cnc5c(On6nnc7ccccc76)ncnc54)C[C@@H]3OP(OCCC#N)N(C(C)C)C(C)C)c2-c2ccc(OC)cc2)cc1. The minimum absolute atomic E-state index is 0.107. The quantitative estimate of drug-likeness (QED) is 0.0558. The molecule has 0 saturated carbocycles. The third kappa shape index (κ3) is 9.64. The maximum absolute atomic E-state index is 9.38. The summed E-state index contributed by atoms with van der Waals surface area (Å²) in [5.74, 6) is 1.76. The van der Waals surface area contributed by atoms with Crippen molar-refractivity contribution in [2.75, 3.05) is 27.4 Å². The molecule has 16 nitrogen and oxygen atoms in total. The normalized spacial score (nSPS) is 16.9. The van der Waals surface area contributed by atoms with Crippen molar-refractivity contribution in [2.45, 2.75) is 77.7 Å². The van der Waals surface area contributed by atoms with Gasteiger partial charge in [-0.3, -0.25) is 4.57 Å². The maximum Gasteiger partial charge on any atom is 0.280 e. The molecule has 1 saturated heterocycles. The molecule has 0 radical (unpaired) electrons. The van der Waals surface area contributed by atoms with Crippen molar-refractivity contribution >= 4 is 30.7 Å². The van der Waals surface area contributed by atoms with Crippen LogP contribution in [0.25, 0.3) is 44.5 Å². The van der Waals surface area contributed by atoms with Gasteiger partial charge in [0.25, 0.3) is 14.4 Å². The van der Waals surface area contributed by atoms with Crippen molar-refractivity contribution in [3.8, 4) is 45.7 Å². The molecule has 326 valence electrons. The average Bonchev–Trinajstić information content (AvgIpc) is 4.04. The van der Waals surface area contributed by atoms with E-state index in [1.54, 1.807) is 20.5 Å². The summed E-state index contributed by atoms with van der Waals surface area (Å²) in [5.41, 5.74) is 7.46. The molecule has 1 fully saturated rings. The van der Waals surface area contributed by atoms with Gasteiger partial charge in [0.05, 0.1) is 59.0 Å². The number of methoxy groups -OCH3 is 2. The first-order chi connectivity index (χ1) is 30.8. The standard InChI is InChI=1S/C46H50N9O7P/c1-30(2)54(31(3)4)63(59-24-10-23-47)62-40-25-42(53-29-50-44-45(53)48-28-49-46(44)61-55-39-14-8-7-13-38(39)51-52-55)60-41(40)27-58-26-34-11-9-12-37(32-15-19-35(56-5)20-16-32)43(34)33-17-21-36(57-6)22-18-33/h7-9,11-22,28-31,40-42H,10,24-27H2,1-6H3/t40-,41+,42+,63?/m0/s1. The number of aromatic nitrogens is 7. The Morgan fingerprint density at radius 3 is 2.32 bits per heavy atom. The van der Waals surface area contributed by atoms with Crippen molar-refractivity contribution in [3.05, 3.63) is 109 Å². The van der Waals surface area contributed by atoms with Crippen LogP contribution in [-0.2, 0) is 25.1 Å². The molecule has 4 aromatic carbocycles. The second kappa shape index (κ2) is 20.0. The molecule has 1 aliphatic heterocycles. The summed E-state index contributed by atoms with van der Waals surface area (Å²) < 4.78 is 41.8. The summed E-state index contributed by atoms with van der Waals surface area (Å²) in [6.45, 7) is 9.18. The van der Waals surface area contributed by atoms with Crippen LogP contribution in [-0.4, -0.2) is 91.1 Å². The number of nitrogens with zero attached hydrogens (tertiary/aromatic N) is 9. The summed E-state index contributed by atoms with van der Waals surface area (Å²) in [6.07, 6.45) is 2.23. The summed E-state index contributed by atoms with van der Waals surface area (Å²) in [7, 11) is 1.73. The number of hydrogen-bond acceptors (Lipinski definition) is 14. The van der Waals surface area contributed by atoms with E-state index in [2.05, 4.69) is 100 Å². The Kier molecular flexibility index (Phi) is 13.8. The fourth-order valence-electron chi connectivity index (χ4n) is 7.76. The van der Waals surface area contributed by atoms with E-state index in [1.165, 1.54) is 11.2 Å². The van der Waals surface area contributed by atoms with E-state index in [1.807, 2.05) is 59.2 Å². The van der Waals surface area contributed by atoms with Crippen LogP contribution in [0.2, 0.25) is 0 Å². The van der Waals surface area contributed by atoms with Crippen LogP contribution < -0.4 is 14.3 Å². The fraction of sp³-hybridized carbons (Fsp3) is 0.348. The van der Waals surface area contributed by atoms with Gasteiger partial charge in [0.1, 0.15) is 41.2 Å². The van der Waals surface area contributed by atoms with Gasteiger partial charge in [0.15, 0.2) is 11.2 Å².